The van der Waals surface area contributed by atoms with Gasteiger partial charge in [-0.25, -0.2) is 0 Å². The van der Waals surface area contributed by atoms with E-state index in [0.717, 1.165) is 0 Å². The van der Waals surface area contributed by atoms with Gasteiger partial charge < -0.3 is 5.32 Å². The zero-order chi connectivity index (χ0) is 11.3. The molecule has 1 aromatic rings. The summed E-state index contributed by atoms with van der Waals surface area (Å²) >= 11 is 0. The van der Waals surface area contributed by atoms with Crippen molar-refractivity contribution >= 4 is 11.6 Å². The van der Waals surface area contributed by atoms with Crippen molar-refractivity contribution < 1.29 is 10.0 Å². The Morgan fingerprint density at radius 2 is 2.13 bits per heavy atom. The first-order chi connectivity index (χ1) is 7.19. The average molecular weight is 206 g/mol. The molecule has 80 valence electrons. The number of nitrogens with one attached hydrogen (secondary N) is 2. The predicted octanol–water partition coefficient (Wildman–Crippen LogP) is 2.14. The van der Waals surface area contributed by atoms with E-state index in [2.05, 4.69) is 11.9 Å². The quantitative estimate of drug-likeness (QED) is 0.661. The fraction of sp³-hybridized carbons (Fsp3) is 0.182. The van der Waals surface area contributed by atoms with Crippen molar-refractivity contribution in [3.63, 3.8) is 0 Å². The maximum absolute atomic E-state index is 11.7. The molecule has 0 atom stereocenters. The first-order valence-electron chi connectivity index (χ1n) is 4.67. The third-order valence-electron chi connectivity index (χ3n) is 2.01. The lowest BCUT2D eigenvalue weighted by Crippen LogP contribution is -2.22. The van der Waals surface area contributed by atoms with Gasteiger partial charge in [-0.3, -0.25) is 15.5 Å². The summed E-state index contributed by atoms with van der Waals surface area (Å²) in [4.78, 5) is 11.7. The molecule has 0 aliphatic rings. The second-order valence-electron chi connectivity index (χ2n) is 3.07. The van der Waals surface area contributed by atoms with E-state index in [0.29, 0.717) is 23.4 Å². The Morgan fingerprint density at radius 1 is 1.47 bits per heavy atom. The highest BCUT2D eigenvalue weighted by molar-refractivity contribution is 6.00. The van der Waals surface area contributed by atoms with Gasteiger partial charge in [0.15, 0.2) is 0 Å². The van der Waals surface area contributed by atoms with Gasteiger partial charge in [0.25, 0.3) is 5.91 Å². The van der Waals surface area contributed by atoms with Gasteiger partial charge in [0.05, 0.1) is 11.3 Å². The van der Waals surface area contributed by atoms with Crippen molar-refractivity contribution in [3.05, 3.63) is 42.1 Å². The molecule has 0 fully saturated rings. The Morgan fingerprint density at radius 3 is 2.73 bits per heavy atom. The second kappa shape index (κ2) is 5.17. The summed E-state index contributed by atoms with van der Waals surface area (Å²) in [5, 5.41) is 11.4. The monoisotopic (exact) mass is 206 g/mol. The molecule has 1 amide bonds. The number of hydrogen-bond acceptors (Lipinski definition) is 3. The molecule has 0 aromatic heterocycles. The fourth-order valence-corrected chi connectivity index (χ4v) is 1.09. The van der Waals surface area contributed by atoms with Crippen molar-refractivity contribution in [2.24, 2.45) is 0 Å². The van der Waals surface area contributed by atoms with Crippen molar-refractivity contribution in [2.45, 2.75) is 13.3 Å². The highest BCUT2D eigenvalue weighted by Gasteiger charge is 2.10. The zero-order valence-electron chi connectivity index (χ0n) is 8.58. The summed E-state index contributed by atoms with van der Waals surface area (Å²) in [6, 6.07) is 6.69. The Balaban J connectivity index is 2.86. The first-order valence-corrected chi connectivity index (χ1v) is 4.67. The van der Waals surface area contributed by atoms with E-state index in [-0.39, 0.29) is 5.91 Å². The lowest BCUT2D eigenvalue weighted by molar-refractivity contribution is 0.0965. The van der Waals surface area contributed by atoms with Crippen LogP contribution in [-0.2, 0) is 0 Å². The van der Waals surface area contributed by atoms with Gasteiger partial charge in [-0.1, -0.05) is 25.6 Å². The van der Waals surface area contributed by atoms with Crippen LogP contribution >= 0.6 is 0 Å². The smallest absolute Gasteiger partial charge is 0.257 e. The third kappa shape index (κ3) is 2.82. The van der Waals surface area contributed by atoms with E-state index in [4.69, 9.17) is 5.21 Å². The number of amides is 1. The zero-order valence-corrected chi connectivity index (χ0v) is 8.58. The maximum atomic E-state index is 11.7. The lowest BCUT2D eigenvalue weighted by atomic mass is 10.1. The number of para-hydroxylation sites is 1. The number of rotatable bonds is 4. The summed E-state index contributed by atoms with van der Waals surface area (Å²) < 4.78 is 0. The Labute approximate surface area is 88.6 Å². The molecule has 0 saturated heterocycles. The number of carbonyl (C=O) groups excluding carboxylic acids is 1. The molecule has 0 aliphatic heterocycles. The molecule has 4 heteroatoms. The number of anilines is 1. The summed E-state index contributed by atoms with van der Waals surface area (Å²) in [7, 11) is 0. The van der Waals surface area contributed by atoms with E-state index < -0.39 is 0 Å². The number of carbonyl (C=O) groups is 1. The minimum absolute atomic E-state index is 0.279. The van der Waals surface area contributed by atoms with Gasteiger partial charge >= 0.3 is 0 Å². The van der Waals surface area contributed by atoms with Crippen molar-refractivity contribution in [2.75, 3.05) is 5.48 Å². The number of allylic oxidation sites excluding steroid dienone is 1. The lowest BCUT2D eigenvalue weighted by Gasteiger charge is -2.09. The minimum Gasteiger partial charge on any atom is -0.326 e. The Hall–Kier alpha value is -1.81. The molecule has 0 spiro atoms. The van der Waals surface area contributed by atoms with E-state index in [1.165, 1.54) is 0 Å². The fourth-order valence-electron chi connectivity index (χ4n) is 1.09. The molecule has 0 unspecified atom stereocenters. The van der Waals surface area contributed by atoms with Gasteiger partial charge in [0, 0.05) is 5.70 Å². The van der Waals surface area contributed by atoms with Crippen LogP contribution in [0.2, 0.25) is 0 Å². The predicted molar refractivity (Wildman–Crippen MR) is 58.7 cm³/mol. The Bertz CT molecular complexity index is 375. The van der Waals surface area contributed by atoms with Crippen LogP contribution in [0, 0.1) is 0 Å². The van der Waals surface area contributed by atoms with Crippen molar-refractivity contribution in [3.8, 4) is 0 Å². The standard InChI is InChI=1S/C11H14N2O2/c1-3-8(2)12-11(14)9-6-4-5-7-10(9)13-15/h4-7,13,15H,2-3H2,1H3,(H,12,14). The van der Waals surface area contributed by atoms with Crippen LogP contribution in [0.5, 0.6) is 0 Å². The first kappa shape index (κ1) is 11.3. The van der Waals surface area contributed by atoms with E-state index >= 15 is 0 Å². The maximum Gasteiger partial charge on any atom is 0.257 e. The van der Waals surface area contributed by atoms with Crippen molar-refractivity contribution in [1.82, 2.24) is 5.32 Å². The van der Waals surface area contributed by atoms with Gasteiger partial charge in [-0.2, -0.15) is 0 Å². The molecular formula is C11H14N2O2. The van der Waals surface area contributed by atoms with Crippen LogP contribution in [-0.4, -0.2) is 11.1 Å². The molecule has 0 radical (unpaired) electrons. The van der Waals surface area contributed by atoms with E-state index in [1.807, 2.05) is 12.4 Å². The SMILES string of the molecule is C=C(CC)NC(=O)c1ccccc1NO. The van der Waals surface area contributed by atoms with Gasteiger partial charge in [-0.05, 0) is 18.6 Å². The van der Waals surface area contributed by atoms with Crippen LogP contribution in [0.25, 0.3) is 0 Å². The highest BCUT2D eigenvalue weighted by Crippen LogP contribution is 2.14. The van der Waals surface area contributed by atoms with Gasteiger partial charge in [-0.15, -0.1) is 0 Å². The Kier molecular flexibility index (Phi) is 3.88. The molecule has 1 rings (SSSR count). The van der Waals surface area contributed by atoms with E-state index in [1.54, 1.807) is 24.3 Å². The number of benzene rings is 1. The van der Waals surface area contributed by atoms with Crippen LogP contribution in [0.3, 0.4) is 0 Å². The van der Waals surface area contributed by atoms with Crippen LogP contribution in [0.1, 0.15) is 23.7 Å². The van der Waals surface area contributed by atoms with Gasteiger partial charge in [0.1, 0.15) is 0 Å². The molecule has 0 bridgehead atoms. The summed E-state index contributed by atoms with van der Waals surface area (Å²) in [6.45, 7) is 5.58. The summed E-state index contributed by atoms with van der Waals surface area (Å²) in [5.74, 6) is -0.279. The molecule has 15 heavy (non-hydrogen) atoms. The molecule has 3 N–H and O–H groups in total. The average Bonchev–Trinajstić information content (AvgIpc) is 2.28. The minimum atomic E-state index is -0.279. The highest BCUT2D eigenvalue weighted by atomic mass is 16.5. The normalized spacial score (nSPS) is 9.47. The largest absolute Gasteiger partial charge is 0.326 e. The molecule has 0 heterocycles. The summed E-state index contributed by atoms with van der Waals surface area (Å²) in [5.41, 5.74) is 3.38. The van der Waals surface area contributed by atoms with Crippen LogP contribution in [0.4, 0.5) is 5.69 Å². The molecule has 0 aliphatic carbocycles. The molecular weight excluding hydrogens is 192 g/mol. The molecule has 1 aromatic carbocycles. The van der Waals surface area contributed by atoms with Crippen LogP contribution < -0.4 is 10.8 Å². The number of hydrogen-bond donors (Lipinski definition) is 3. The van der Waals surface area contributed by atoms with Crippen LogP contribution in [0.15, 0.2) is 36.5 Å². The molecule has 4 nitrogen and oxygen atoms in total. The topological polar surface area (TPSA) is 61.4 Å². The molecule has 0 saturated carbocycles. The van der Waals surface area contributed by atoms with Crippen molar-refractivity contribution in [1.29, 1.82) is 0 Å². The van der Waals surface area contributed by atoms with E-state index in [9.17, 15) is 4.79 Å². The third-order valence-corrected chi connectivity index (χ3v) is 2.01. The summed E-state index contributed by atoms with van der Waals surface area (Å²) in [6.07, 6.45) is 0.681. The van der Waals surface area contributed by atoms with Gasteiger partial charge in [0.2, 0.25) is 0 Å². The second-order valence-corrected chi connectivity index (χ2v) is 3.07.